The lowest BCUT2D eigenvalue weighted by Crippen LogP contribution is -1.86. The van der Waals surface area contributed by atoms with Crippen LogP contribution in [0, 0.1) is 5.92 Å². The zero-order valence-electron chi connectivity index (χ0n) is 6.39. The Hall–Kier alpha value is 0.436. The number of carbonyl (C=O) groups is 1. The van der Waals surface area contributed by atoms with Gasteiger partial charge < -0.3 is 4.79 Å². The van der Waals surface area contributed by atoms with Crippen LogP contribution in [-0.2, 0) is 4.79 Å². The minimum atomic E-state index is 0. The van der Waals surface area contributed by atoms with E-state index in [4.69, 9.17) is 0 Å². The highest BCUT2D eigenvalue weighted by Gasteiger charge is 1.92. The number of hydrogen-bond acceptors (Lipinski definition) is 1. The van der Waals surface area contributed by atoms with Gasteiger partial charge in [0.05, 0.1) is 0 Å². The molecule has 0 unspecified atom stereocenters. The van der Waals surface area contributed by atoms with E-state index in [0.717, 1.165) is 25.0 Å². The predicted octanol–water partition coefficient (Wildman–Crippen LogP) is 1.49. The van der Waals surface area contributed by atoms with Crippen molar-refractivity contribution < 1.29 is 4.79 Å². The second-order valence-corrected chi connectivity index (χ2v) is 2.84. The first-order chi connectivity index (χ1) is 4.27. The zero-order chi connectivity index (χ0) is 7.11. The predicted molar refractivity (Wildman–Crippen MR) is 47.9 cm³/mol. The Labute approximate surface area is 79.7 Å². The molecule has 58 valence electrons. The second-order valence-electron chi connectivity index (χ2n) is 2.84. The summed E-state index contributed by atoms with van der Waals surface area (Å²) < 4.78 is 0. The number of aldehydes is 1. The summed E-state index contributed by atoms with van der Waals surface area (Å²) in [5.41, 5.74) is 0. The molecule has 0 aliphatic rings. The van der Waals surface area contributed by atoms with Gasteiger partial charge >= 0.3 is 23.1 Å². The van der Waals surface area contributed by atoms with Gasteiger partial charge in [0.2, 0.25) is 0 Å². The van der Waals surface area contributed by atoms with E-state index in [0.29, 0.717) is 0 Å². The standard InChI is InChI=1S/C8H16O.Mg.2H/c1-8(2)6-4-3-5-7-9;;;/h7-8H,3-6H2,1-2H3;;;. The summed E-state index contributed by atoms with van der Waals surface area (Å²) in [6.07, 6.45) is 5.28. The normalized spacial score (nSPS) is 9.10. The van der Waals surface area contributed by atoms with Crippen LogP contribution in [0.3, 0.4) is 0 Å². The minimum absolute atomic E-state index is 0. The molecule has 0 saturated carbocycles. The van der Waals surface area contributed by atoms with Crippen LogP contribution in [-0.4, -0.2) is 29.3 Å². The van der Waals surface area contributed by atoms with Crippen molar-refractivity contribution in [3.63, 3.8) is 0 Å². The first-order valence-electron chi connectivity index (χ1n) is 3.71. The topological polar surface area (TPSA) is 17.1 Å². The molecule has 0 aromatic carbocycles. The quantitative estimate of drug-likeness (QED) is 0.333. The first kappa shape index (κ1) is 13.1. The van der Waals surface area contributed by atoms with E-state index < -0.39 is 0 Å². The van der Waals surface area contributed by atoms with Gasteiger partial charge in [-0.15, -0.1) is 0 Å². The molecule has 0 atom stereocenters. The smallest absolute Gasteiger partial charge is 0.303 e. The molecular formula is C8H18MgO. The highest BCUT2D eigenvalue weighted by Crippen LogP contribution is 2.06. The molecule has 0 spiro atoms. The Balaban J connectivity index is 0. The van der Waals surface area contributed by atoms with Crippen molar-refractivity contribution in [2.24, 2.45) is 5.92 Å². The second kappa shape index (κ2) is 9.44. The van der Waals surface area contributed by atoms with Crippen molar-refractivity contribution >= 4 is 29.3 Å². The lowest BCUT2D eigenvalue weighted by Gasteiger charge is -2.00. The molecule has 0 aromatic rings. The summed E-state index contributed by atoms with van der Waals surface area (Å²) >= 11 is 0. The van der Waals surface area contributed by atoms with Crippen molar-refractivity contribution in [3.8, 4) is 0 Å². The van der Waals surface area contributed by atoms with Crippen molar-refractivity contribution in [1.82, 2.24) is 0 Å². The molecule has 10 heavy (non-hydrogen) atoms. The molecule has 0 N–H and O–H groups in total. The zero-order valence-corrected chi connectivity index (χ0v) is 6.39. The summed E-state index contributed by atoms with van der Waals surface area (Å²) in [5.74, 6) is 0.789. The van der Waals surface area contributed by atoms with E-state index >= 15 is 0 Å². The van der Waals surface area contributed by atoms with Crippen LogP contribution in [0.4, 0.5) is 0 Å². The Morgan fingerprint density at radius 3 is 2.30 bits per heavy atom. The average Bonchev–Trinajstić information content (AvgIpc) is 1.80. The maximum atomic E-state index is 9.85. The number of rotatable bonds is 5. The van der Waals surface area contributed by atoms with Crippen molar-refractivity contribution in [3.05, 3.63) is 0 Å². The third kappa shape index (κ3) is 11.3. The summed E-state index contributed by atoms with van der Waals surface area (Å²) in [7, 11) is 0. The van der Waals surface area contributed by atoms with Gasteiger partial charge in [0.25, 0.3) is 0 Å². The molecule has 0 amide bonds. The van der Waals surface area contributed by atoms with Crippen molar-refractivity contribution in [2.75, 3.05) is 0 Å². The highest BCUT2D eigenvalue weighted by molar-refractivity contribution is 5.75. The van der Waals surface area contributed by atoms with E-state index in [1.54, 1.807) is 0 Å². The molecule has 0 aromatic heterocycles. The van der Waals surface area contributed by atoms with Gasteiger partial charge in [-0.1, -0.05) is 26.7 Å². The third-order valence-corrected chi connectivity index (χ3v) is 1.35. The fraction of sp³-hybridized carbons (Fsp3) is 0.875. The van der Waals surface area contributed by atoms with Crippen LogP contribution in [0.2, 0.25) is 0 Å². The number of carbonyl (C=O) groups excluding carboxylic acids is 1. The van der Waals surface area contributed by atoms with E-state index in [1.165, 1.54) is 12.8 Å². The lowest BCUT2D eigenvalue weighted by molar-refractivity contribution is -0.107. The molecule has 0 fully saturated rings. The van der Waals surface area contributed by atoms with Crippen molar-refractivity contribution in [1.29, 1.82) is 0 Å². The fourth-order valence-corrected chi connectivity index (χ4v) is 0.780. The molecule has 2 heteroatoms. The number of hydrogen-bond donors (Lipinski definition) is 0. The van der Waals surface area contributed by atoms with Crippen molar-refractivity contribution in [2.45, 2.75) is 39.5 Å². The van der Waals surface area contributed by atoms with Crippen LogP contribution in [0.1, 0.15) is 39.5 Å². The van der Waals surface area contributed by atoms with E-state index in [-0.39, 0.29) is 23.1 Å². The lowest BCUT2D eigenvalue weighted by atomic mass is 10.1. The third-order valence-electron chi connectivity index (χ3n) is 1.35. The minimum Gasteiger partial charge on any atom is -0.303 e. The molecule has 0 saturated heterocycles. The Kier molecular flexibility index (Phi) is 12.3. The fourth-order valence-electron chi connectivity index (χ4n) is 0.780. The van der Waals surface area contributed by atoms with E-state index in [9.17, 15) is 4.79 Å². The van der Waals surface area contributed by atoms with Gasteiger partial charge in [0.15, 0.2) is 0 Å². The summed E-state index contributed by atoms with van der Waals surface area (Å²) in [6, 6.07) is 0. The first-order valence-corrected chi connectivity index (χ1v) is 3.71. The van der Waals surface area contributed by atoms with Gasteiger partial charge in [0, 0.05) is 6.42 Å². The Morgan fingerprint density at radius 1 is 1.30 bits per heavy atom. The van der Waals surface area contributed by atoms with Crippen LogP contribution in [0.5, 0.6) is 0 Å². The summed E-state index contributed by atoms with van der Waals surface area (Å²) in [6.45, 7) is 4.42. The van der Waals surface area contributed by atoms with Gasteiger partial charge in [-0.25, -0.2) is 0 Å². The maximum Gasteiger partial charge on any atom is 0.316 e. The molecule has 0 aliphatic heterocycles. The molecule has 0 radical (unpaired) electrons. The van der Waals surface area contributed by atoms with Gasteiger partial charge in [0.1, 0.15) is 6.29 Å². The van der Waals surface area contributed by atoms with Crippen LogP contribution < -0.4 is 0 Å². The van der Waals surface area contributed by atoms with E-state index in [1.807, 2.05) is 0 Å². The van der Waals surface area contributed by atoms with Gasteiger partial charge in [-0.05, 0) is 12.3 Å². The van der Waals surface area contributed by atoms with Crippen LogP contribution in [0.25, 0.3) is 0 Å². The van der Waals surface area contributed by atoms with Crippen LogP contribution in [0.15, 0.2) is 0 Å². The van der Waals surface area contributed by atoms with Crippen LogP contribution >= 0.6 is 0 Å². The molecule has 0 aliphatic carbocycles. The maximum absolute atomic E-state index is 9.85. The molecule has 0 heterocycles. The summed E-state index contributed by atoms with van der Waals surface area (Å²) in [5, 5.41) is 0. The van der Waals surface area contributed by atoms with E-state index in [2.05, 4.69) is 13.8 Å². The van der Waals surface area contributed by atoms with Gasteiger partial charge in [-0.3, -0.25) is 0 Å². The highest BCUT2D eigenvalue weighted by atomic mass is 24.3. The Morgan fingerprint density at radius 2 is 1.90 bits per heavy atom. The largest absolute Gasteiger partial charge is 0.316 e. The van der Waals surface area contributed by atoms with Gasteiger partial charge in [-0.2, -0.15) is 0 Å². The number of unbranched alkanes of at least 4 members (excludes halogenated alkanes) is 2. The average molecular weight is 155 g/mol. The molecule has 0 bridgehead atoms. The molecule has 1 nitrogen and oxygen atoms in total. The molecular weight excluding hydrogens is 136 g/mol. The SMILES string of the molecule is CC(C)CCCCC=O.[MgH2]. The molecule has 0 rings (SSSR count). The summed E-state index contributed by atoms with van der Waals surface area (Å²) in [4.78, 5) is 9.85. The monoisotopic (exact) mass is 154 g/mol. The Bertz CT molecular complexity index is 71.7.